The lowest BCUT2D eigenvalue weighted by molar-refractivity contribution is -0.140. The highest BCUT2D eigenvalue weighted by molar-refractivity contribution is 5.92. The molecule has 0 saturated carbocycles. The average molecular weight is 336 g/mol. The van der Waals surface area contributed by atoms with Crippen LogP contribution in [0.3, 0.4) is 0 Å². The Labute approximate surface area is 147 Å². The summed E-state index contributed by atoms with van der Waals surface area (Å²) in [4.78, 5) is 26.9. The van der Waals surface area contributed by atoms with Gasteiger partial charge in [0.1, 0.15) is 0 Å². The van der Waals surface area contributed by atoms with E-state index in [1.807, 2.05) is 26.0 Å². The molecule has 0 bridgehead atoms. The maximum atomic E-state index is 12.8. The van der Waals surface area contributed by atoms with Gasteiger partial charge in [-0.3, -0.25) is 4.79 Å². The fraction of sp³-hybridized carbons (Fsp3) is 0.250. The number of esters is 1. The lowest BCUT2D eigenvalue weighted by Crippen LogP contribution is -2.36. The molecular formula is C20H20N2O3. The Morgan fingerprint density at radius 2 is 1.64 bits per heavy atom. The second-order valence-electron chi connectivity index (χ2n) is 5.40. The molecule has 0 radical (unpaired) electrons. The van der Waals surface area contributed by atoms with Crippen molar-refractivity contribution in [1.29, 1.82) is 5.26 Å². The first-order valence-electron chi connectivity index (χ1n) is 8.15. The van der Waals surface area contributed by atoms with Crippen molar-refractivity contribution < 1.29 is 14.3 Å². The number of benzene rings is 2. The van der Waals surface area contributed by atoms with Crippen LogP contribution in [0, 0.1) is 11.3 Å². The Morgan fingerprint density at radius 1 is 1.04 bits per heavy atom. The molecule has 2 aromatic rings. The van der Waals surface area contributed by atoms with Gasteiger partial charge in [-0.1, -0.05) is 30.3 Å². The molecule has 1 amide bonds. The van der Waals surface area contributed by atoms with Crippen molar-refractivity contribution >= 4 is 11.9 Å². The molecule has 0 aliphatic rings. The Hall–Kier alpha value is -3.13. The van der Waals surface area contributed by atoms with E-state index in [-0.39, 0.29) is 5.91 Å². The second-order valence-corrected chi connectivity index (χ2v) is 5.40. The molecule has 0 heterocycles. The SMILES string of the molecule is CCN(CC)C(=O)C(OC(=O)c1ccc(C#N)cc1)c1ccccc1. The number of hydrogen-bond donors (Lipinski definition) is 0. The van der Waals surface area contributed by atoms with Crippen LogP contribution in [0.2, 0.25) is 0 Å². The third kappa shape index (κ3) is 4.45. The van der Waals surface area contributed by atoms with Gasteiger partial charge in [0.25, 0.3) is 5.91 Å². The molecule has 5 nitrogen and oxygen atoms in total. The van der Waals surface area contributed by atoms with Crippen LogP contribution >= 0.6 is 0 Å². The first-order chi connectivity index (χ1) is 12.1. The topological polar surface area (TPSA) is 70.4 Å². The van der Waals surface area contributed by atoms with Crippen molar-refractivity contribution in [2.45, 2.75) is 20.0 Å². The molecule has 0 fully saturated rings. The summed E-state index contributed by atoms with van der Waals surface area (Å²) < 4.78 is 5.53. The van der Waals surface area contributed by atoms with E-state index in [0.717, 1.165) is 0 Å². The summed E-state index contributed by atoms with van der Waals surface area (Å²) >= 11 is 0. The smallest absolute Gasteiger partial charge is 0.339 e. The number of carbonyl (C=O) groups excluding carboxylic acids is 2. The van der Waals surface area contributed by atoms with E-state index in [4.69, 9.17) is 10.00 Å². The molecule has 1 unspecified atom stereocenters. The highest BCUT2D eigenvalue weighted by atomic mass is 16.5. The number of ether oxygens (including phenoxy) is 1. The molecule has 25 heavy (non-hydrogen) atoms. The van der Waals surface area contributed by atoms with Crippen molar-refractivity contribution in [3.8, 4) is 6.07 Å². The molecule has 5 heteroatoms. The Balaban J connectivity index is 2.27. The summed E-state index contributed by atoms with van der Waals surface area (Å²) in [5.74, 6) is -0.850. The van der Waals surface area contributed by atoms with E-state index in [2.05, 4.69) is 0 Å². The maximum Gasteiger partial charge on any atom is 0.339 e. The fourth-order valence-corrected chi connectivity index (χ4v) is 2.45. The zero-order valence-corrected chi connectivity index (χ0v) is 14.3. The normalized spacial score (nSPS) is 11.2. The van der Waals surface area contributed by atoms with Gasteiger partial charge in [0.05, 0.1) is 17.2 Å². The Bertz CT molecular complexity index is 760. The highest BCUT2D eigenvalue weighted by Gasteiger charge is 2.28. The number of rotatable bonds is 6. The minimum absolute atomic E-state index is 0.252. The van der Waals surface area contributed by atoms with Crippen LogP contribution in [0.5, 0.6) is 0 Å². The number of hydrogen-bond acceptors (Lipinski definition) is 4. The van der Waals surface area contributed by atoms with E-state index < -0.39 is 12.1 Å². The lowest BCUT2D eigenvalue weighted by atomic mass is 10.1. The summed E-state index contributed by atoms with van der Waals surface area (Å²) in [6.45, 7) is 4.83. The number of carbonyl (C=O) groups is 2. The molecule has 0 aliphatic heterocycles. The van der Waals surface area contributed by atoms with Gasteiger partial charge in [0.15, 0.2) is 0 Å². The minimum Gasteiger partial charge on any atom is -0.444 e. The van der Waals surface area contributed by atoms with E-state index >= 15 is 0 Å². The third-order valence-corrected chi connectivity index (χ3v) is 3.88. The molecule has 0 saturated heterocycles. The Morgan fingerprint density at radius 3 is 2.16 bits per heavy atom. The van der Waals surface area contributed by atoms with Gasteiger partial charge in [-0.15, -0.1) is 0 Å². The van der Waals surface area contributed by atoms with Gasteiger partial charge in [-0.05, 0) is 38.1 Å². The summed E-state index contributed by atoms with van der Waals surface area (Å²) in [5.41, 5.74) is 1.38. The lowest BCUT2D eigenvalue weighted by Gasteiger charge is -2.25. The monoisotopic (exact) mass is 336 g/mol. The van der Waals surface area contributed by atoms with Crippen molar-refractivity contribution in [2.75, 3.05) is 13.1 Å². The van der Waals surface area contributed by atoms with Crippen molar-refractivity contribution in [1.82, 2.24) is 4.90 Å². The molecular weight excluding hydrogens is 316 g/mol. The van der Waals surface area contributed by atoms with Crippen LogP contribution in [-0.4, -0.2) is 29.9 Å². The van der Waals surface area contributed by atoms with Gasteiger partial charge in [-0.2, -0.15) is 5.26 Å². The molecule has 2 rings (SSSR count). The molecule has 0 aromatic heterocycles. The van der Waals surface area contributed by atoms with Crippen molar-refractivity contribution in [2.24, 2.45) is 0 Å². The quantitative estimate of drug-likeness (QED) is 0.759. The molecule has 1 atom stereocenters. The van der Waals surface area contributed by atoms with Crippen LogP contribution < -0.4 is 0 Å². The zero-order chi connectivity index (χ0) is 18.2. The van der Waals surface area contributed by atoms with Crippen LogP contribution in [0.4, 0.5) is 0 Å². The van der Waals surface area contributed by atoms with E-state index in [1.54, 1.807) is 41.3 Å². The van der Waals surface area contributed by atoms with E-state index in [0.29, 0.717) is 29.8 Å². The van der Waals surface area contributed by atoms with Gasteiger partial charge in [0.2, 0.25) is 6.10 Å². The third-order valence-electron chi connectivity index (χ3n) is 3.88. The number of nitrogens with zero attached hydrogens (tertiary/aromatic N) is 2. The van der Waals surface area contributed by atoms with Crippen LogP contribution in [0.15, 0.2) is 54.6 Å². The first-order valence-corrected chi connectivity index (χ1v) is 8.15. The standard InChI is InChI=1S/C20H20N2O3/c1-3-22(4-2)19(23)18(16-8-6-5-7-9-16)25-20(24)17-12-10-15(14-21)11-13-17/h5-13,18H,3-4H2,1-2H3. The van der Waals surface area contributed by atoms with E-state index in [9.17, 15) is 9.59 Å². The molecule has 0 spiro atoms. The Kier molecular flexibility index (Phi) is 6.30. The van der Waals surface area contributed by atoms with Gasteiger partial charge < -0.3 is 9.64 Å². The number of amides is 1. The largest absolute Gasteiger partial charge is 0.444 e. The average Bonchev–Trinajstić information content (AvgIpc) is 2.67. The highest BCUT2D eigenvalue weighted by Crippen LogP contribution is 2.22. The van der Waals surface area contributed by atoms with Gasteiger partial charge in [0, 0.05) is 18.7 Å². The van der Waals surface area contributed by atoms with Crippen LogP contribution in [0.25, 0.3) is 0 Å². The first kappa shape index (κ1) is 18.2. The summed E-state index contributed by atoms with van der Waals surface area (Å²) in [7, 11) is 0. The van der Waals surface area contributed by atoms with Gasteiger partial charge >= 0.3 is 5.97 Å². The van der Waals surface area contributed by atoms with E-state index in [1.165, 1.54) is 12.1 Å². The molecule has 0 aliphatic carbocycles. The predicted octanol–water partition coefficient (Wildman–Crippen LogP) is 3.32. The van der Waals surface area contributed by atoms with Crippen molar-refractivity contribution in [3.05, 3.63) is 71.3 Å². The minimum atomic E-state index is -0.996. The predicted molar refractivity (Wildman–Crippen MR) is 93.7 cm³/mol. The van der Waals surface area contributed by atoms with Crippen molar-refractivity contribution in [3.63, 3.8) is 0 Å². The van der Waals surface area contributed by atoms with Gasteiger partial charge in [-0.25, -0.2) is 4.79 Å². The summed E-state index contributed by atoms with van der Waals surface area (Å²) in [6.07, 6.45) is -0.996. The molecule has 128 valence electrons. The number of likely N-dealkylation sites (N-methyl/N-ethyl adjacent to an activating group) is 1. The fourth-order valence-electron chi connectivity index (χ4n) is 2.45. The van der Waals surface area contributed by atoms with Crippen LogP contribution in [-0.2, 0) is 9.53 Å². The molecule has 2 aromatic carbocycles. The maximum absolute atomic E-state index is 12.8. The van der Waals surface area contributed by atoms with Crippen LogP contribution in [0.1, 0.15) is 41.4 Å². The second kappa shape index (κ2) is 8.65. The summed E-state index contributed by atoms with van der Waals surface area (Å²) in [5, 5.41) is 8.83. The zero-order valence-electron chi connectivity index (χ0n) is 14.3. The molecule has 0 N–H and O–H groups in total. The number of nitriles is 1. The summed E-state index contributed by atoms with van der Waals surface area (Å²) in [6, 6.07) is 17.1.